The summed E-state index contributed by atoms with van der Waals surface area (Å²) in [6.45, 7) is 1.85. The van der Waals surface area contributed by atoms with Crippen molar-refractivity contribution in [1.29, 1.82) is 0 Å². The lowest BCUT2D eigenvalue weighted by atomic mass is 10.0. The first-order chi connectivity index (χ1) is 14.3. The minimum absolute atomic E-state index is 0.273. The normalized spacial score (nSPS) is 12.0. The molecule has 0 fully saturated rings. The minimum atomic E-state index is -3.39. The van der Waals surface area contributed by atoms with Crippen molar-refractivity contribution in [2.45, 2.75) is 6.92 Å². The summed E-state index contributed by atoms with van der Waals surface area (Å²) in [5, 5.41) is 0. The number of hydrogen-bond donors (Lipinski definition) is 2. The SMILES string of the molecule is Cc1cc(F)cc(/C=C/c2nc3cc(-c4ccccc4NS(C)(=O)=O)ccc3[nH]2)c1. The summed E-state index contributed by atoms with van der Waals surface area (Å²) >= 11 is 0. The van der Waals surface area contributed by atoms with Crippen molar-refractivity contribution >= 4 is 38.9 Å². The van der Waals surface area contributed by atoms with Crippen molar-refractivity contribution in [3.05, 3.63) is 83.4 Å². The molecule has 4 aromatic rings. The van der Waals surface area contributed by atoms with Gasteiger partial charge in [0.25, 0.3) is 0 Å². The molecule has 4 rings (SSSR count). The van der Waals surface area contributed by atoms with E-state index in [2.05, 4.69) is 14.7 Å². The summed E-state index contributed by atoms with van der Waals surface area (Å²) in [5.74, 6) is 0.372. The zero-order valence-electron chi connectivity index (χ0n) is 16.5. The third-order valence-corrected chi connectivity index (χ3v) is 5.12. The molecule has 0 aliphatic carbocycles. The summed E-state index contributed by atoms with van der Waals surface area (Å²) in [4.78, 5) is 7.81. The first-order valence-electron chi connectivity index (χ1n) is 9.29. The quantitative estimate of drug-likeness (QED) is 0.464. The van der Waals surface area contributed by atoms with E-state index in [4.69, 9.17) is 0 Å². The van der Waals surface area contributed by atoms with Gasteiger partial charge in [0.05, 0.1) is 23.0 Å². The maximum atomic E-state index is 13.6. The third kappa shape index (κ3) is 4.58. The van der Waals surface area contributed by atoms with E-state index in [1.807, 2.05) is 43.3 Å². The number of hydrogen-bond acceptors (Lipinski definition) is 3. The molecule has 0 radical (unpaired) electrons. The molecule has 0 aliphatic rings. The fourth-order valence-electron chi connectivity index (χ4n) is 3.33. The Morgan fingerprint density at radius 1 is 1.03 bits per heavy atom. The molecule has 0 bridgehead atoms. The molecule has 1 aromatic heterocycles. The molecule has 0 unspecified atom stereocenters. The topological polar surface area (TPSA) is 74.8 Å². The van der Waals surface area contributed by atoms with Crippen LogP contribution in [0.25, 0.3) is 34.3 Å². The van der Waals surface area contributed by atoms with Crippen LogP contribution in [0.3, 0.4) is 0 Å². The number of aryl methyl sites for hydroxylation is 1. The second-order valence-corrected chi connectivity index (χ2v) is 8.92. The number of anilines is 1. The van der Waals surface area contributed by atoms with Gasteiger partial charge in [0.2, 0.25) is 10.0 Å². The molecule has 0 aliphatic heterocycles. The molecule has 0 amide bonds. The Morgan fingerprint density at radius 3 is 2.60 bits per heavy atom. The molecule has 1 heterocycles. The van der Waals surface area contributed by atoms with Crippen LogP contribution in [0.2, 0.25) is 0 Å². The smallest absolute Gasteiger partial charge is 0.229 e. The largest absolute Gasteiger partial charge is 0.338 e. The van der Waals surface area contributed by atoms with Gasteiger partial charge in [-0.05, 0) is 60.0 Å². The van der Waals surface area contributed by atoms with Crippen LogP contribution < -0.4 is 4.72 Å². The second-order valence-electron chi connectivity index (χ2n) is 7.17. The third-order valence-electron chi connectivity index (χ3n) is 4.53. The number of fused-ring (bicyclic) bond motifs is 1. The Balaban J connectivity index is 1.68. The van der Waals surface area contributed by atoms with E-state index < -0.39 is 10.0 Å². The van der Waals surface area contributed by atoms with Gasteiger partial charge in [-0.15, -0.1) is 0 Å². The summed E-state index contributed by atoms with van der Waals surface area (Å²) in [6.07, 6.45) is 4.73. The number of halogens is 1. The molecule has 0 spiro atoms. The average molecular weight is 421 g/mol. The highest BCUT2D eigenvalue weighted by Crippen LogP contribution is 2.30. The van der Waals surface area contributed by atoms with Gasteiger partial charge in [0.15, 0.2) is 0 Å². The predicted molar refractivity (Wildman–Crippen MR) is 120 cm³/mol. The number of rotatable bonds is 5. The van der Waals surface area contributed by atoms with Crippen molar-refractivity contribution in [1.82, 2.24) is 9.97 Å². The van der Waals surface area contributed by atoms with Crippen molar-refractivity contribution < 1.29 is 12.8 Å². The van der Waals surface area contributed by atoms with E-state index >= 15 is 0 Å². The Bertz CT molecular complexity index is 1350. The standard InChI is InChI=1S/C23H20FN3O2S/c1-15-11-16(13-18(24)12-15)7-10-23-25-21-9-8-17(14-22(21)26-23)19-5-3-4-6-20(19)27-30(2,28)29/h3-14,27H,1-2H3,(H,25,26)/b10-7+. The zero-order chi connectivity index (χ0) is 21.3. The number of aromatic nitrogens is 2. The molecule has 0 saturated carbocycles. The van der Waals surface area contributed by atoms with Crippen LogP contribution in [0.4, 0.5) is 10.1 Å². The number of para-hydroxylation sites is 1. The lowest BCUT2D eigenvalue weighted by Crippen LogP contribution is -2.10. The number of nitrogens with one attached hydrogen (secondary N) is 2. The molecule has 5 nitrogen and oxygen atoms in total. The molecule has 0 atom stereocenters. The summed E-state index contributed by atoms with van der Waals surface area (Å²) < 4.78 is 39.5. The van der Waals surface area contributed by atoms with Gasteiger partial charge in [0.1, 0.15) is 11.6 Å². The molecule has 2 N–H and O–H groups in total. The molecule has 0 saturated heterocycles. The predicted octanol–water partition coefficient (Wildman–Crippen LogP) is 5.22. The van der Waals surface area contributed by atoms with Gasteiger partial charge >= 0.3 is 0 Å². The van der Waals surface area contributed by atoms with E-state index in [-0.39, 0.29) is 5.82 Å². The van der Waals surface area contributed by atoms with Crippen LogP contribution in [-0.2, 0) is 10.0 Å². The minimum Gasteiger partial charge on any atom is -0.338 e. The van der Waals surface area contributed by atoms with Crippen LogP contribution in [0.15, 0.2) is 60.7 Å². The fraction of sp³-hybridized carbons (Fsp3) is 0.0870. The van der Waals surface area contributed by atoms with Gasteiger partial charge in [-0.3, -0.25) is 4.72 Å². The molecule has 30 heavy (non-hydrogen) atoms. The van der Waals surface area contributed by atoms with E-state index in [0.29, 0.717) is 11.5 Å². The van der Waals surface area contributed by atoms with Gasteiger partial charge in [0, 0.05) is 5.56 Å². The number of sulfonamides is 1. The molecule has 7 heteroatoms. The fourth-order valence-corrected chi connectivity index (χ4v) is 3.91. The number of aromatic amines is 1. The Hall–Kier alpha value is -3.45. The van der Waals surface area contributed by atoms with E-state index in [9.17, 15) is 12.8 Å². The molecular weight excluding hydrogens is 401 g/mol. The number of nitrogens with zero attached hydrogens (tertiary/aromatic N) is 1. The highest BCUT2D eigenvalue weighted by molar-refractivity contribution is 7.92. The van der Waals surface area contributed by atoms with Crippen molar-refractivity contribution in [3.8, 4) is 11.1 Å². The summed E-state index contributed by atoms with van der Waals surface area (Å²) in [5.41, 5.74) is 5.33. The van der Waals surface area contributed by atoms with Gasteiger partial charge in [-0.2, -0.15) is 0 Å². The van der Waals surface area contributed by atoms with E-state index in [0.717, 1.165) is 39.5 Å². The van der Waals surface area contributed by atoms with Crippen molar-refractivity contribution in [2.24, 2.45) is 0 Å². The monoisotopic (exact) mass is 421 g/mol. The van der Waals surface area contributed by atoms with Crippen LogP contribution in [0.1, 0.15) is 17.0 Å². The lowest BCUT2D eigenvalue weighted by molar-refractivity contribution is 0.607. The molecular formula is C23H20FN3O2S. The maximum Gasteiger partial charge on any atom is 0.229 e. The average Bonchev–Trinajstić information content (AvgIpc) is 3.07. The van der Waals surface area contributed by atoms with Crippen molar-refractivity contribution in [3.63, 3.8) is 0 Å². The van der Waals surface area contributed by atoms with Crippen LogP contribution >= 0.6 is 0 Å². The van der Waals surface area contributed by atoms with Gasteiger partial charge in [-0.1, -0.05) is 36.4 Å². The maximum absolute atomic E-state index is 13.6. The summed E-state index contributed by atoms with van der Waals surface area (Å²) in [6, 6.07) is 17.8. The lowest BCUT2D eigenvalue weighted by Gasteiger charge is -2.10. The number of benzene rings is 3. The zero-order valence-corrected chi connectivity index (χ0v) is 17.3. The van der Waals surface area contributed by atoms with Gasteiger partial charge in [-0.25, -0.2) is 17.8 Å². The van der Waals surface area contributed by atoms with Crippen molar-refractivity contribution in [2.75, 3.05) is 11.0 Å². The Morgan fingerprint density at radius 2 is 1.83 bits per heavy atom. The van der Waals surface area contributed by atoms with Crippen LogP contribution in [-0.4, -0.2) is 24.6 Å². The highest BCUT2D eigenvalue weighted by Gasteiger charge is 2.10. The molecule has 152 valence electrons. The van der Waals surface area contributed by atoms with Crippen LogP contribution in [0, 0.1) is 12.7 Å². The summed E-state index contributed by atoms with van der Waals surface area (Å²) in [7, 11) is -3.39. The van der Waals surface area contributed by atoms with Crippen LogP contribution in [0.5, 0.6) is 0 Å². The Labute approximate surface area is 174 Å². The van der Waals surface area contributed by atoms with E-state index in [1.54, 1.807) is 24.3 Å². The first-order valence-corrected chi connectivity index (χ1v) is 11.2. The molecule has 3 aromatic carbocycles. The Kier molecular flexibility index (Phi) is 5.13. The first kappa shape index (κ1) is 19.8. The number of imidazole rings is 1. The van der Waals surface area contributed by atoms with Gasteiger partial charge < -0.3 is 4.98 Å². The highest BCUT2D eigenvalue weighted by atomic mass is 32.2. The van der Waals surface area contributed by atoms with E-state index in [1.165, 1.54) is 12.1 Å². The second kappa shape index (κ2) is 7.76. The number of H-pyrrole nitrogens is 1.